The Morgan fingerprint density at radius 2 is 1.88 bits per heavy atom. The second-order valence-corrected chi connectivity index (χ2v) is 4.78. The smallest absolute Gasteiger partial charge is 0.344 e. The minimum absolute atomic E-state index is 0.0199. The zero-order valence-corrected chi connectivity index (χ0v) is 13.0. The van der Waals surface area contributed by atoms with E-state index in [4.69, 9.17) is 15.2 Å². The van der Waals surface area contributed by atoms with Gasteiger partial charge >= 0.3 is 11.7 Å². The molecule has 0 bridgehead atoms. The van der Waals surface area contributed by atoms with E-state index in [1.54, 1.807) is 37.3 Å². The number of nitrogen functional groups attached to an aromatic ring is 1. The molecule has 3 N–H and O–H groups in total. The van der Waals surface area contributed by atoms with E-state index in [0.717, 1.165) is 5.69 Å². The molecule has 0 aliphatic carbocycles. The van der Waals surface area contributed by atoms with Gasteiger partial charge in [-0.25, -0.2) is 4.79 Å². The maximum Gasteiger partial charge on any atom is 0.344 e. The van der Waals surface area contributed by atoms with E-state index in [9.17, 15) is 14.9 Å². The summed E-state index contributed by atoms with van der Waals surface area (Å²) >= 11 is 0. The quantitative estimate of drug-likeness (QED) is 0.347. The molecule has 0 radical (unpaired) electrons. The number of nitrogens with two attached hydrogens (primary N) is 1. The Morgan fingerprint density at radius 1 is 1.21 bits per heavy atom. The van der Waals surface area contributed by atoms with Crippen LogP contribution in [0.4, 0.5) is 22.7 Å². The van der Waals surface area contributed by atoms with Gasteiger partial charge in [0.15, 0.2) is 12.4 Å². The number of carbonyl (C=O) groups excluding carboxylic acids is 1. The topological polar surface area (TPSA) is 117 Å². The van der Waals surface area contributed by atoms with E-state index in [2.05, 4.69) is 5.32 Å². The monoisotopic (exact) mass is 331 g/mol. The van der Waals surface area contributed by atoms with Gasteiger partial charge in [-0.05, 0) is 37.3 Å². The average Bonchev–Trinajstić information content (AvgIpc) is 2.55. The third kappa shape index (κ3) is 4.60. The number of benzene rings is 2. The highest BCUT2D eigenvalue weighted by molar-refractivity contribution is 5.72. The number of nitro groups is 1. The summed E-state index contributed by atoms with van der Waals surface area (Å²) in [7, 11) is 0. The molecule has 2 rings (SSSR count). The molecule has 2 aromatic rings. The van der Waals surface area contributed by atoms with Gasteiger partial charge in [-0.15, -0.1) is 0 Å². The Hall–Kier alpha value is -3.29. The highest BCUT2D eigenvalue weighted by atomic mass is 16.6. The van der Waals surface area contributed by atoms with Gasteiger partial charge < -0.3 is 20.5 Å². The number of nitrogens with one attached hydrogen (secondary N) is 1. The summed E-state index contributed by atoms with van der Waals surface area (Å²) in [4.78, 5) is 21.9. The van der Waals surface area contributed by atoms with Crippen LogP contribution in [-0.2, 0) is 9.53 Å². The molecular weight excluding hydrogens is 314 g/mol. The number of nitro benzene ring substituents is 1. The molecule has 0 heterocycles. The number of rotatable bonds is 7. The van der Waals surface area contributed by atoms with Crippen LogP contribution in [0.2, 0.25) is 0 Å². The lowest BCUT2D eigenvalue weighted by molar-refractivity contribution is -0.385. The number of carbonyl (C=O) groups is 1. The van der Waals surface area contributed by atoms with Crippen LogP contribution in [0.3, 0.4) is 0 Å². The number of nitrogens with zero attached hydrogens (tertiary/aromatic N) is 1. The minimum atomic E-state index is -0.594. The Morgan fingerprint density at radius 3 is 2.50 bits per heavy atom. The molecule has 126 valence electrons. The maximum atomic E-state index is 11.4. The minimum Gasteiger partial charge on any atom is -0.475 e. The van der Waals surface area contributed by atoms with E-state index >= 15 is 0 Å². The fourth-order valence-corrected chi connectivity index (χ4v) is 1.93. The van der Waals surface area contributed by atoms with Gasteiger partial charge in [0.05, 0.1) is 11.5 Å². The highest BCUT2D eigenvalue weighted by Gasteiger charge is 2.17. The summed E-state index contributed by atoms with van der Waals surface area (Å²) in [5.41, 5.74) is 7.35. The summed E-state index contributed by atoms with van der Waals surface area (Å²) in [5, 5.41) is 14.2. The van der Waals surface area contributed by atoms with Crippen LogP contribution in [0.15, 0.2) is 42.5 Å². The molecule has 0 amide bonds. The van der Waals surface area contributed by atoms with Gasteiger partial charge in [0.1, 0.15) is 0 Å². The summed E-state index contributed by atoms with van der Waals surface area (Å²) < 4.78 is 9.97. The van der Waals surface area contributed by atoms with Crippen LogP contribution in [0, 0.1) is 10.1 Å². The fourth-order valence-electron chi connectivity index (χ4n) is 1.93. The molecule has 0 fully saturated rings. The number of ether oxygens (including phenoxy) is 2. The second kappa shape index (κ2) is 7.82. The van der Waals surface area contributed by atoms with Crippen molar-refractivity contribution in [1.82, 2.24) is 0 Å². The molecule has 0 aliphatic heterocycles. The molecule has 2 aromatic carbocycles. The van der Waals surface area contributed by atoms with Crippen molar-refractivity contribution >= 4 is 28.7 Å². The van der Waals surface area contributed by atoms with Gasteiger partial charge in [0, 0.05) is 29.2 Å². The van der Waals surface area contributed by atoms with Crippen LogP contribution in [-0.4, -0.2) is 24.1 Å². The predicted octanol–water partition coefficient (Wildman–Crippen LogP) is 2.86. The molecule has 0 saturated carbocycles. The third-order valence-electron chi connectivity index (χ3n) is 3.01. The van der Waals surface area contributed by atoms with Crippen molar-refractivity contribution in [3.63, 3.8) is 0 Å². The van der Waals surface area contributed by atoms with Crippen LogP contribution >= 0.6 is 0 Å². The number of hydrogen-bond acceptors (Lipinski definition) is 7. The molecule has 0 unspecified atom stereocenters. The van der Waals surface area contributed by atoms with Crippen molar-refractivity contribution < 1.29 is 19.2 Å². The number of esters is 1. The Labute approximate surface area is 138 Å². The normalized spacial score (nSPS) is 10.0. The largest absolute Gasteiger partial charge is 0.475 e. The molecule has 8 heteroatoms. The van der Waals surface area contributed by atoms with E-state index in [1.165, 1.54) is 12.1 Å². The molecular formula is C16H17N3O5. The second-order valence-electron chi connectivity index (χ2n) is 4.78. The molecule has 0 atom stereocenters. The zero-order valence-electron chi connectivity index (χ0n) is 13.0. The Bertz CT molecular complexity index is 731. The Kier molecular flexibility index (Phi) is 5.56. The molecule has 0 aliphatic rings. The van der Waals surface area contributed by atoms with Gasteiger partial charge in [-0.3, -0.25) is 10.1 Å². The fraction of sp³-hybridized carbons (Fsp3) is 0.188. The number of hydrogen-bond donors (Lipinski definition) is 2. The van der Waals surface area contributed by atoms with Gasteiger partial charge in [-0.1, -0.05) is 0 Å². The first kappa shape index (κ1) is 17.1. The van der Waals surface area contributed by atoms with Crippen LogP contribution in [0.25, 0.3) is 0 Å². The van der Waals surface area contributed by atoms with Crippen molar-refractivity contribution in [3.05, 3.63) is 52.6 Å². The average molecular weight is 331 g/mol. The van der Waals surface area contributed by atoms with Crippen molar-refractivity contribution in [1.29, 1.82) is 0 Å². The third-order valence-corrected chi connectivity index (χ3v) is 3.01. The summed E-state index contributed by atoms with van der Waals surface area (Å²) in [5.74, 6) is -0.614. The summed E-state index contributed by atoms with van der Waals surface area (Å²) in [6.07, 6.45) is 0. The van der Waals surface area contributed by atoms with Gasteiger partial charge in [-0.2, -0.15) is 0 Å². The van der Waals surface area contributed by atoms with Crippen molar-refractivity contribution in [2.45, 2.75) is 6.92 Å². The molecule has 0 spiro atoms. The maximum absolute atomic E-state index is 11.4. The predicted molar refractivity (Wildman–Crippen MR) is 89.4 cm³/mol. The molecule has 0 aromatic heterocycles. The van der Waals surface area contributed by atoms with E-state index < -0.39 is 17.5 Å². The Balaban J connectivity index is 2.18. The highest BCUT2D eigenvalue weighted by Crippen LogP contribution is 2.31. The van der Waals surface area contributed by atoms with Crippen molar-refractivity contribution in [3.8, 4) is 5.75 Å². The lowest BCUT2D eigenvalue weighted by Gasteiger charge is -2.10. The zero-order chi connectivity index (χ0) is 17.5. The first-order valence-electron chi connectivity index (χ1n) is 7.19. The SMILES string of the molecule is CCOC(=O)COc1cc(Nc2ccc(N)cc2)ccc1[N+](=O)[O-]. The lowest BCUT2D eigenvalue weighted by atomic mass is 10.2. The molecule has 0 saturated heterocycles. The van der Waals surface area contributed by atoms with Crippen LogP contribution in [0.1, 0.15) is 6.92 Å². The lowest BCUT2D eigenvalue weighted by Crippen LogP contribution is -2.15. The first-order chi connectivity index (χ1) is 11.5. The summed E-state index contributed by atoms with van der Waals surface area (Å²) in [6.45, 7) is 1.47. The first-order valence-corrected chi connectivity index (χ1v) is 7.19. The standard InChI is InChI=1S/C16H17N3O5/c1-2-23-16(20)10-24-15-9-13(7-8-14(15)19(21)22)18-12-5-3-11(17)4-6-12/h3-9,18H,2,10,17H2,1H3. The van der Waals surface area contributed by atoms with E-state index in [-0.39, 0.29) is 18.0 Å². The van der Waals surface area contributed by atoms with Gasteiger partial charge in [0.2, 0.25) is 0 Å². The van der Waals surface area contributed by atoms with Gasteiger partial charge in [0.25, 0.3) is 0 Å². The molecule has 8 nitrogen and oxygen atoms in total. The van der Waals surface area contributed by atoms with Crippen molar-refractivity contribution in [2.75, 3.05) is 24.3 Å². The van der Waals surface area contributed by atoms with Crippen LogP contribution < -0.4 is 15.8 Å². The molecule has 24 heavy (non-hydrogen) atoms. The van der Waals surface area contributed by atoms with Crippen LogP contribution in [0.5, 0.6) is 5.75 Å². The summed E-state index contributed by atoms with van der Waals surface area (Å²) in [6, 6.07) is 11.3. The van der Waals surface area contributed by atoms with Crippen molar-refractivity contribution in [2.24, 2.45) is 0 Å². The van der Waals surface area contributed by atoms with E-state index in [1.807, 2.05) is 0 Å². The van der Waals surface area contributed by atoms with E-state index in [0.29, 0.717) is 11.4 Å². The number of anilines is 3.